The minimum atomic E-state index is -0.657. The fraction of sp³-hybridized carbons (Fsp3) is 0.250. The van der Waals surface area contributed by atoms with E-state index in [1.165, 1.54) is 11.3 Å². The molecule has 0 bridgehead atoms. The normalized spacial score (nSPS) is 14.1. The number of aromatic nitrogens is 1. The molecule has 0 saturated carbocycles. The number of thiazole rings is 1. The van der Waals surface area contributed by atoms with Crippen molar-refractivity contribution in [2.24, 2.45) is 0 Å². The summed E-state index contributed by atoms with van der Waals surface area (Å²) in [6.07, 6.45) is 0.726. The van der Waals surface area contributed by atoms with Gasteiger partial charge in [0, 0.05) is 36.6 Å². The number of nitrogens with zero attached hydrogens (tertiary/aromatic N) is 3. The van der Waals surface area contributed by atoms with E-state index in [-0.39, 0.29) is 18.0 Å². The molecule has 1 aliphatic rings. The fourth-order valence-electron chi connectivity index (χ4n) is 4.73. The van der Waals surface area contributed by atoms with Gasteiger partial charge in [0.1, 0.15) is 11.1 Å². The predicted molar refractivity (Wildman–Crippen MR) is 155 cm³/mol. The molecule has 6 rings (SSSR count). The molecule has 0 atom stereocenters. The Hall–Kier alpha value is -3.01. The van der Waals surface area contributed by atoms with Gasteiger partial charge in [0.25, 0.3) is 5.91 Å². The van der Waals surface area contributed by atoms with Gasteiger partial charge in [0.05, 0.1) is 23.4 Å². The number of carbonyl (C=O) groups excluding carboxylic acids is 1. The van der Waals surface area contributed by atoms with E-state index >= 15 is 0 Å². The molecule has 1 aliphatic heterocycles. The highest BCUT2D eigenvalue weighted by molar-refractivity contribution is 7.22. The van der Waals surface area contributed by atoms with Gasteiger partial charge in [-0.2, -0.15) is 0 Å². The summed E-state index contributed by atoms with van der Waals surface area (Å²) in [6, 6.07) is 18.6. The summed E-state index contributed by atoms with van der Waals surface area (Å²) in [7, 11) is 0. The second-order valence-corrected chi connectivity index (χ2v) is 10.5. The lowest BCUT2D eigenvalue weighted by Crippen LogP contribution is -2.40. The Morgan fingerprint density at radius 2 is 1.87 bits per heavy atom. The van der Waals surface area contributed by atoms with E-state index in [1.807, 2.05) is 42.5 Å². The Kier molecular flexibility index (Phi) is 7.97. The highest BCUT2D eigenvalue weighted by Crippen LogP contribution is 2.32. The van der Waals surface area contributed by atoms with Crippen LogP contribution in [-0.4, -0.2) is 55.2 Å². The van der Waals surface area contributed by atoms with Crippen LogP contribution >= 0.6 is 35.3 Å². The van der Waals surface area contributed by atoms with Crippen LogP contribution in [0.2, 0.25) is 5.02 Å². The van der Waals surface area contributed by atoms with Crippen LogP contribution < -0.4 is 10.5 Å². The van der Waals surface area contributed by atoms with Crippen molar-refractivity contribution in [2.45, 2.75) is 6.42 Å². The van der Waals surface area contributed by atoms with Gasteiger partial charge in [0.2, 0.25) is 0 Å². The van der Waals surface area contributed by atoms with Crippen LogP contribution in [-0.2, 0) is 4.74 Å². The molecule has 1 fully saturated rings. The highest BCUT2D eigenvalue weighted by Gasteiger charge is 2.25. The van der Waals surface area contributed by atoms with Crippen molar-refractivity contribution in [3.63, 3.8) is 0 Å². The molecule has 1 saturated heterocycles. The smallest absolute Gasteiger partial charge is 0.349 e. The van der Waals surface area contributed by atoms with Gasteiger partial charge in [-0.05, 0) is 47.5 Å². The number of rotatable bonds is 6. The Morgan fingerprint density at radius 1 is 1.05 bits per heavy atom. The van der Waals surface area contributed by atoms with E-state index in [4.69, 9.17) is 25.7 Å². The summed E-state index contributed by atoms with van der Waals surface area (Å²) in [5, 5.41) is 3.79. The van der Waals surface area contributed by atoms with Crippen LogP contribution in [0.1, 0.15) is 16.8 Å². The van der Waals surface area contributed by atoms with Crippen LogP contribution in [0, 0.1) is 0 Å². The summed E-state index contributed by atoms with van der Waals surface area (Å²) >= 11 is 7.57. The fourth-order valence-corrected chi connectivity index (χ4v) is 6.00. The van der Waals surface area contributed by atoms with E-state index in [9.17, 15) is 9.59 Å². The molecular weight excluding hydrogens is 545 g/mol. The van der Waals surface area contributed by atoms with Crippen molar-refractivity contribution in [3.05, 3.63) is 81.7 Å². The first-order valence-corrected chi connectivity index (χ1v) is 13.4. The molecule has 10 heteroatoms. The average Bonchev–Trinajstić information content (AvgIpc) is 3.33. The molecule has 0 unspecified atom stereocenters. The summed E-state index contributed by atoms with van der Waals surface area (Å²) in [6.45, 7) is 4.40. The zero-order valence-electron chi connectivity index (χ0n) is 20.4. The van der Waals surface area contributed by atoms with Crippen molar-refractivity contribution in [1.29, 1.82) is 0 Å². The van der Waals surface area contributed by atoms with Crippen LogP contribution in [0.15, 0.2) is 69.9 Å². The van der Waals surface area contributed by atoms with Crippen molar-refractivity contribution in [3.8, 4) is 0 Å². The largest absolute Gasteiger partial charge is 0.422 e. The molecule has 3 aromatic carbocycles. The van der Waals surface area contributed by atoms with Gasteiger partial charge >= 0.3 is 5.63 Å². The number of carbonyl (C=O) groups is 1. The first-order chi connectivity index (χ1) is 18.1. The SMILES string of the molecule is Cl.O=C(c1cc2c(ccc3ccccc32)oc1=O)N(CCCN1CCOCC1)c1nc2ccc(Cl)cc2s1. The van der Waals surface area contributed by atoms with Crippen LogP contribution in [0.4, 0.5) is 5.13 Å². The molecule has 0 N–H and O–H groups in total. The van der Waals surface area contributed by atoms with E-state index < -0.39 is 11.5 Å². The maximum atomic E-state index is 13.9. The van der Waals surface area contributed by atoms with Crippen LogP contribution in [0.3, 0.4) is 0 Å². The summed E-state index contributed by atoms with van der Waals surface area (Å²) < 4.78 is 11.9. The zero-order chi connectivity index (χ0) is 25.4. The molecule has 196 valence electrons. The maximum Gasteiger partial charge on any atom is 0.349 e. The molecule has 0 spiro atoms. The average molecular weight is 570 g/mol. The number of benzene rings is 3. The summed E-state index contributed by atoms with van der Waals surface area (Å²) in [5.74, 6) is -0.421. The number of hydrogen-bond donors (Lipinski definition) is 0. The standard InChI is InChI=1S/C28H24ClN3O4S.ClH/c29-19-7-8-23-25(16-19)37-28(30-23)32(11-3-10-31-12-14-35-15-13-31)26(33)22-17-21-20-5-2-1-4-18(20)6-9-24(21)36-27(22)34;/h1-2,4-9,16-17H,3,10-15H2;1H. The lowest BCUT2D eigenvalue weighted by atomic mass is 10.0. The third-order valence-electron chi connectivity index (χ3n) is 6.65. The van der Waals surface area contributed by atoms with Gasteiger partial charge in [-0.25, -0.2) is 9.78 Å². The third-order valence-corrected chi connectivity index (χ3v) is 7.92. The first kappa shape index (κ1) is 26.6. The highest BCUT2D eigenvalue weighted by atomic mass is 35.5. The van der Waals surface area contributed by atoms with E-state index in [0.29, 0.717) is 35.5 Å². The van der Waals surface area contributed by atoms with Crippen LogP contribution in [0.5, 0.6) is 0 Å². The number of amides is 1. The minimum Gasteiger partial charge on any atom is -0.422 e. The van der Waals surface area contributed by atoms with Gasteiger partial charge < -0.3 is 9.15 Å². The molecule has 0 radical (unpaired) electrons. The maximum absolute atomic E-state index is 13.9. The number of morpholine rings is 1. The number of hydrogen-bond acceptors (Lipinski definition) is 7. The number of fused-ring (bicyclic) bond motifs is 4. The molecule has 1 amide bonds. The summed E-state index contributed by atoms with van der Waals surface area (Å²) in [5.41, 5.74) is 0.545. The monoisotopic (exact) mass is 569 g/mol. The number of anilines is 1. The second kappa shape index (κ2) is 11.4. The minimum absolute atomic E-state index is 0. The van der Waals surface area contributed by atoms with Gasteiger partial charge in [0.15, 0.2) is 5.13 Å². The molecular formula is C28H25Cl2N3O4S. The molecule has 7 nitrogen and oxygen atoms in total. The molecule has 38 heavy (non-hydrogen) atoms. The van der Waals surface area contributed by atoms with Gasteiger partial charge in [-0.1, -0.05) is 53.3 Å². The first-order valence-electron chi connectivity index (χ1n) is 12.2. The molecule has 0 aliphatic carbocycles. The van der Waals surface area contributed by atoms with E-state index in [1.54, 1.807) is 23.1 Å². The van der Waals surface area contributed by atoms with Gasteiger partial charge in [-0.15, -0.1) is 12.4 Å². The third kappa shape index (κ3) is 5.28. The Morgan fingerprint density at radius 3 is 2.71 bits per heavy atom. The molecule has 3 heterocycles. The molecule has 5 aromatic rings. The van der Waals surface area contributed by atoms with E-state index in [2.05, 4.69) is 4.90 Å². The lowest BCUT2D eigenvalue weighted by molar-refractivity contribution is 0.0376. The Labute approximate surface area is 234 Å². The molecule has 2 aromatic heterocycles. The van der Waals surface area contributed by atoms with Crippen molar-refractivity contribution in [1.82, 2.24) is 9.88 Å². The number of ether oxygens (including phenoxy) is 1. The van der Waals surface area contributed by atoms with Crippen LogP contribution in [0.25, 0.3) is 32.0 Å². The van der Waals surface area contributed by atoms with Crippen molar-refractivity contribution >= 4 is 78.3 Å². The van der Waals surface area contributed by atoms with Gasteiger partial charge in [-0.3, -0.25) is 14.6 Å². The Bertz CT molecular complexity index is 1680. The topological polar surface area (TPSA) is 75.9 Å². The van der Waals surface area contributed by atoms with Crippen molar-refractivity contribution < 1.29 is 13.9 Å². The lowest BCUT2D eigenvalue weighted by Gasteiger charge is -2.27. The number of halogens is 2. The van der Waals surface area contributed by atoms with Crippen molar-refractivity contribution in [2.75, 3.05) is 44.3 Å². The quantitative estimate of drug-likeness (QED) is 0.184. The zero-order valence-corrected chi connectivity index (χ0v) is 22.8. The second-order valence-electron chi connectivity index (χ2n) is 9.02. The van der Waals surface area contributed by atoms with E-state index in [0.717, 1.165) is 52.4 Å². The Balaban J connectivity index is 0.00000294. The predicted octanol–water partition coefficient (Wildman–Crippen LogP) is 6.00. The summed E-state index contributed by atoms with van der Waals surface area (Å²) in [4.78, 5) is 35.6.